The molecule has 0 amide bonds. The first-order valence-corrected chi connectivity index (χ1v) is 43.0. The first-order chi connectivity index (χ1) is 62.5. The number of pyridine rings is 1. The Balaban J connectivity index is 0.000000137. The van der Waals surface area contributed by atoms with Crippen LogP contribution >= 0.6 is 0 Å². The molecule has 0 spiro atoms. The Labute approximate surface area is 725 Å². The predicted octanol–water partition coefficient (Wildman–Crippen LogP) is 30.1. The van der Waals surface area contributed by atoms with Crippen molar-refractivity contribution in [3.63, 3.8) is 0 Å². The number of aromatic nitrogens is 9. The summed E-state index contributed by atoms with van der Waals surface area (Å²) in [6.45, 7) is 0. The van der Waals surface area contributed by atoms with Gasteiger partial charge in [-0.2, -0.15) is 0 Å². The molecule has 26 rings (SSSR count). The van der Waals surface area contributed by atoms with Crippen molar-refractivity contribution in [1.82, 2.24) is 42.4 Å². The van der Waals surface area contributed by atoms with Gasteiger partial charge in [-0.15, -0.1) is 0 Å². The van der Waals surface area contributed by atoms with Crippen molar-refractivity contribution in [2.45, 2.75) is 0 Å². The van der Waals surface area contributed by atoms with E-state index in [9.17, 15) is 0 Å². The molecule has 0 atom stereocenters. The minimum Gasteiger partial charge on any atom is -0.309 e. The number of nitrogens with zero attached hydrogens (tertiary/aromatic N) is 9. The summed E-state index contributed by atoms with van der Waals surface area (Å²) in [5, 5.41) is 14.7. The van der Waals surface area contributed by atoms with Crippen LogP contribution in [-0.2, 0) is 0 Å². The van der Waals surface area contributed by atoms with E-state index in [1.165, 1.54) is 109 Å². The van der Waals surface area contributed by atoms with Gasteiger partial charge >= 0.3 is 0 Å². The molecule has 26 aromatic rings. The lowest BCUT2D eigenvalue weighted by atomic mass is 10.0. The molecular weight excluding hydrogens is 1530 g/mol. The Morgan fingerprint density at radius 2 is 0.429 bits per heavy atom. The minimum absolute atomic E-state index is 0.645. The summed E-state index contributed by atoms with van der Waals surface area (Å²) < 4.78 is 14.3. The van der Waals surface area contributed by atoms with Crippen LogP contribution in [-0.4, -0.2) is 42.4 Å². The van der Waals surface area contributed by atoms with Gasteiger partial charge in [-0.25, -0.2) is 15.0 Å². The summed E-state index contributed by atoms with van der Waals surface area (Å²) in [6, 6.07) is 163. The molecule has 0 N–H and O–H groups in total. The maximum Gasteiger partial charge on any atom is 0.235 e. The van der Waals surface area contributed by atoms with Crippen molar-refractivity contribution in [2.75, 3.05) is 0 Å². The third kappa shape index (κ3) is 11.7. The number of rotatable bonds is 12. The molecule has 8 aromatic heterocycles. The van der Waals surface area contributed by atoms with E-state index in [1.54, 1.807) is 0 Å². The van der Waals surface area contributed by atoms with Gasteiger partial charge in [0.15, 0.2) is 0 Å². The Morgan fingerprint density at radius 3 is 0.841 bits per heavy atom. The number of fused-ring (bicyclic) bond motifs is 20. The van der Waals surface area contributed by atoms with Crippen molar-refractivity contribution >= 4 is 131 Å². The van der Waals surface area contributed by atoms with Crippen molar-refractivity contribution in [3.05, 3.63) is 455 Å². The van der Waals surface area contributed by atoms with Crippen LogP contribution in [0.1, 0.15) is 0 Å². The van der Waals surface area contributed by atoms with Crippen LogP contribution in [0.3, 0.4) is 0 Å². The van der Waals surface area contributed by atoms with E-state index in [0.717, 1.165) is 117 Å². The molecule has 0 saturated heterocycles. The number of hydrogen-bond donors (Lipinski definition) is 0. The van der Waals surface area contributed by atoms with Crippen LogP contribution in [0.25, 0.3) is 233 Å². The summed E-state index contributed by atoms with van der Waals surface area (Å²) in [4.78, 5) is 15.8. The molecule has 8 heterocycles. The maximum atomic E-state index is 5.34. The Hall–Kier alpha value is -17.0. The lowest BCUT2D eigenvalue weighted by molar-refractivity contribution is 0.995. The van der Waals surface area contributed by atoms with E-state index in [1.807, 2.05) is 12.1 Å². The van der Waals surface area contributed by atoms with Gasteiger partial charge in [0.25, 0.3) is 0 Å². The maximum absolute atomic E-state index is 5.34. The van der Waals surface area contributed by atoms with E-state index in [2.05, 4.69) is 470 Å². The van der Waals surface area contributed by atoms with Gasteiger partial charge in [-0.3, -0.25) is 9.13 Å². The van der Waals surface area contributed by atoms with Gasteiger partial charge in [0.2, 0.25) is 5.95 Å². The summed E-state index contributed by atoms with van der Waals surface area (Å²) in [5.41, 5.74) is 31.4. The van der Waals surface area contributed by atoms with Crippen molar-refractivity contribution in [1.29, 1.82) is 0 Å². The summed E-state index contributed by atoms with van der Waals surface area (Å²) in [6.07, 6.45) is 0. The molecule has 9 nitrogen and oxygen atoms in total. The third-order valence-electron chi connectivity index (χ3n) is 25.5. The predicted molar refractivity (Wildman–Crippen MR) is 525 cm³/mol. The Bertz CT molecular complexity index is 8150. The monoisotopic (exact) mass is 1610 g/mol. The quantitative estimate of drug-likeness (QED) is 0.122. The minimum atomic E-state index is 0.645. The number of hydrogen-bond acceptors (Lipinski definition) is 3. The molecule has 0 fully saturated rings. The normalized spacial score (nSPS) is 11.8. The van der Waals surface area contributed by atoms with Crippen LogP contribution in [0.4, 0.5) is 0 Å². The van der Waals surface area contributed by atoms with E-state index in [-0.39, 0.29) is 0 Å². The summed E-state index contributed by atoms with van der Waals surface area (Å²) in [5.74, 6) is 1.54. The average Bonchev–Trinajstić information content (AvgIpc) is 1.55. The van der Waals surface area contributed by atoms with E-state index in [4.69, 9.17) is 15.0 Å². The van der Waals surface area contributed by atoms with Gasteiger partial charge in [0, 0.05) is 104 Å². The van der Waals surface area contributed by atoms with Crippen molar-refractivity contribution in [3.8, 4) is 102 Å². The molecule has 18 aromatic carbocycles. The third-order valence-corrected chi connectivity index (χ3v) is 25.5. The van der Waals surface area contributed by atoms with Crippen LogP contribution < -0.4 is 0 Å². The van der Waals surface area contributed by atoms with Gasteiger partial charge in [0.05, 0.1) is 83.3 Å². The van der Waals surface area contributed by atoms with E-state index >= 15 is 0 Å². The highest BCUT2D eigenvalue weighted by molar-refractivity contribution is 6.28. The molecule has 0 aliphatic heterocycles. The fraction of sp³-hybridized carbons (Fsp3) is 0. The standard InChI is InChI=1S/C59H38N4.C58H37N5/c1-4-16-39(17-5-1)43-37-51(41-18-6-2-7-19-41)60-57(38-43)63-53-26-14-11-23-47(53)50-36-42(30-34-55(50)63)40-28-31-45(32-29-40)61-54-27-15-12-24-49(54)58-56(61)35-33-48-46-22-10-13-25-52(46)62(59(48)58)44-20-8-3-9-21-44;1-4-16-39(17-5-1)49-37-50(40-18-6-2-7-19-40)60-58(59-49)63-52-26-14-11-23-45(52)48-36-41(30-34-54(48)63)38-28-31-43(32-29-38)61-53-27-15-12-24-47(53)56-55(61)35-33-46-44-22-10-13-25-51(44)62(57(46)56)42-20-8-3-9-21-42/h1-38H;1-37H. The molecule has 0 saturated carbocycles. The van der Waals surface area contributed by atoms with Crippen molar-refractivity contribution < 1.29 is 0 Å². The summed E-state index contributed by atoms with van der Waals surface area (Å²) >= 11 is 0. The fourth-order valence-corrected chi connectivity index (χ4v) is 19.9. The Kier molecular flexibility index (Phi) is 16.8. The molecule has 126 heavy (non-hydrogen) atoms. The largest absolute Gasteiger partial charge is 0.309 e. The van der Waals surface area contributed by atoms with Gasteiger partial charge < -0.3 is 18.3 Å². The highest BCUT2D eigenvalue weighted by Gasteiger charge is 2.26. The lowest BCUT2D eigenvalue weighted by Crippen LogP contribution is -2.03. The zero-order valence-corrected chi connectivity index (χ0v) is 68.3. The van der Waals surface area contributed by atoms with Crippen LogP contribution in [0.15, 0.2) is 455 Å². The van der Waals surface area contributed by atoms with Gasteiger partial charge in [-0.05, 0) is 173 Å². The number of benzene rings is 18. The highest BCUT2D eigenvalue weighted by Crippen LogP contribution is 2.47. The molecular formula is C117H75N9. The summed E-state index contributed by atoms with van der Waals surface area (Å²) in [7, 11) is 0. The van der Waals surface area contributed by atoms with Crippen LogP contribution in [0, 0.1) is 0 Å². The second-order valence-electron chi connectivity index (χ2n) is 32.6. The van der Waals surface area contributed by atoms with Crippen LogP contribution in [0.5, 0.6) is 0 Å². The lowest BCUT2D eigenvalue weighted by Gasteiger charge is -2.13. The molecule has 588 valence electrons. The zero-order valence-electron chi connectivity index (χ0n) is 68.3. The van der Waals surface area contributed by atoms with Gasteiger partial charge in [0.1, 0.15) is 5.82 Å². The first kappa shape index (κ1) is 71.9. The fourth-order valence-electron chi connectivity index (χ4n) is 19.9. The molecule has 0 radical (unpaired) electrons. The second kappa shape index (κ2) is 29.4. The SMILES string of the molecule is c1ccc(-c2cc(-c3ccccc3)nc(-n3c4ccccc4c4cc(-c5ccc(-n6c7ccccc7c7c6ccc6c8ccccc8n(-c8ccccc8)c67)cc5)ccc43)c2)cc1.c1ccc(-c2cc(-c3ccccc3)nc(-n3c4ccccc4c4cc(-c5ccc(-n6c7ccccc7c7c6ccc6c8ccccc8n(-c8ccccc8)c67)cc5)ccc43)n2)cc1. The van der Waals surface area contributed by atoms with E-state index in [0.29, 0.717) is 5.95 Å². The molecule has 0 aliphatic carbocycles. The molecule has 0 unspecified atom stereocenters. The number of para-hydroxylation sites is 8. The van der Waals surface area contributed by atoms with Gasteiger partial charge in [-0.1, -0.05) is 315 Å². The smallest absolute Gasteiger partial charge is 0.235 e. The first-order valence-electron chi connectivity index (χ1n) is 43.0. The average molecular weight is 1610 g/mol. The van der Waals surface area contributed by atoms with Crippen LogP contribution in [0.2, 0.25) is 0 Å². The van der Waals surface area contributed by atoms with Crippen molar-refractivity contribution in [2.24, 2.45) is 0 Å². The molecule has 0 bridgehead atoms. The second-order valence-corrected chi connectivity index (χ2v) is 32.6. The van der Waals surface area contributed by atoms with E-state index < -0.39 is 0 Å². The zero-order chi connectivity index (χ0) is 82.9. The Morgan fingerprint density at radius 1 is 0.143 bits per heavy atom. The topological polar surface area (TPSA) is 68.2 Å². The highest BCUT2D eigenvalue weighted by atomic mass is 15.2. The molecule has 9 heteroatoms. The molecule has 0 aliphatic rings.